The smallest absolute Gasteiger partial charge is 0.127 e. The van der Waals surface area contributed by atoms with E-state index in [4.69, 9.17) is 4.74 Å². The van der Waals surface area contributed by atoms with Crippen molar-refractivity contribution in [3.63, 3.8) is 0 Å². The summed E-state index contributed by atoms with van der Waals surface area (Å²) in [5.41, 5.74) is 3.86. The highest BCUT2D eigenvalue weighted by Gasteiger charge is 2.09. The van der Waals surface area contributed by atoms with Crippen LogP contribution in [0, 0.1) is 0 Å². The first-order valence-corrected chi connectivity index (χ1v) is 7.08. The van der Waals surface area contributed by atoms with E-state index >= 15 is 0 Å². The molecular weight excluding hydrogens is 246 g/mol. The fraction of sp³-hybridized carbons (Fsp3) is 0.222. The van der Waals surface area contributed by atoms with E-state index in [1.807, 2.05) is 18.2 Å². The van der Waals surface area contributed by atoms with Gasteiger partial charge in [-0.2, -0.15) is 0 Å². The quantitative estimate of drug-likeness (QED) is 0.838. The summed E-state index contributed by atoms with van der Waals surface area (Å²) in [7, 11) is 0. The van der Waals surface area contributed by atoms with E-state index in [9.17, 15) is 0 Å². The lowest BCUT2D eigenvalue weighted by molar-refractivity contribution is 0.343. The Labute approximate surface area is 120 Å². The van der Waals surface area contributed by atoms with Crippen LogP contribution in [0.3, 0.4) is 0 Å². The second-order valence-electron chi connectivity index (χ2n) is 5.04. The van der Waals surface area contributed by atoms with E-state index in [-0.39, 0.29) is 0 Å². The first-order valence-electron chi connectivity index (χ1n) is 7.08. The lowest BCUT2D eigenvalue weighted by Gasteiger charge is -2.18. The number of fused-ring (bicyclic) bond motifs is 1. The molecule has 0 unspecified atom stereocenters. The lowest BCUT2D eigenvalue weighted by atomic mass is 10.1. The molecule has 0 aromatic heterocycles. The molecule has 0 saturated heterocycles. The van der Waals surface area contributed by atoms with Gasteiger partial charge in [0, 0.05) is 12.1 Å². The maximum Gasteiger partial charge on any atom is 0.127 e. The Morgan fingerprint density at radius 3 is 2.65 bits per heavy atom. The van der Waals surface area contributed by atoms with Crippen molar-refractivity contribution < 1.29 is 4.74 Å². The molecule has 1 aliphatic heterocycles. The Morgan fingerprint density at radius 1 is 0.950 bits per heavy atom. The maximum atomic E-state index is 5.74. The fourth-order valence-corrected chi connectivity index (χ4v) is 2.39. The van der Waals surface area contributed by atoms with Crippen molar-refractivity contribution in [2.75, 3.05) is 19.7 Å². The summed E-state index contributed by atoms with van der Waals surface area (Å²) < 4.78 is 5.74. The number of hydrogen-bond acceptors (Lipinski definition) is 2. The molecule has 0 radical (unpaired) electrons. The maximum absolute atomic E-state index is 5.74. The van der Waals surface area contributed by atoms with Crippen molar-refractivity contribution in [2.45, 2.75) is 6.42 Å². The minimum atomic E-state index is 0.690. The van der Waals surface area contributed by atoms with E-state index in [2.05, 4.69) is 47.8 Å². The van der Waals surface area contributed by atoms with Gasteiger partial charge >= 0.3 is 0 Å². The minimum Gasteiger partial charge on any atom is -0.489 e. The Morgan fingerprint density at radius 2 is 1.75 bits per heavy atom. The summed E-state index contributed by atoms with van der Waals surface area (Å²) in [6.07, 6.45) is 3.29. The van der Waals surface area contributed by atoms with Crippen LogP contribution in [0.25, 0.3) is 6.08 Å². The van der Waals surface area contributed by atoms with Crippen LogP contribution in [0.2, 0.25) is 0 Å². The molecule has 1 aliphatic rings. The van der Waals surface area contributed by atoms with Crippen molar-refractivity contribution >= 4 is 6.08 Å². The van der Waals surface area contributed by atoms with E-state index in [1.54, 1.807) is 0 Å². The van der Waals surface area contributed by atoms with Crippen LogP contribution < -0.4 is 10.1 Å². The van der Waals surface area contributed by atoms with E-state index in [0.717, 1.165) is 25.3 Å². The summed E-state index contributed by atoms with van der Waals surface area (Å²) in [5, 5.41) is 3.49. The molecule has 1 N–H and O–H groups in total. The molecule has 2 aromatic rings. The van der Waals surface area contributed by atoms with Gasteiger partial charge in [-0.3, -0.25) is 0 Å². The van der Waals surface area contributed by atoms with Crippen LogP contribution in [0.5, 0.6) is 5.75 Å². The van der Waals surface area contributed by atoms with Gasteiger partial charge in [0.15, 0.2) is 0 Å². The Bertz CT molecular complexity index is 589. The van der Waals surface area contributed by atoms with Crippen molar-refractivity contribution in [3.8, 4) is 5.75 Å². The number of rotatable bonds is 5. The molecule has 0 atom stereocenters. The van der Waals surface area contributed by atoms with E-state index in [0.29, 0.717) is 6.61 Å². The Balaban J connectivity index is 1.49. The van der Waals surface area contributed by atoms with Crippen molar-refractivity contribution in [2.24, 2.45) is 0 Å². The van der Waals surface area contributed by atoms with Crippen LogP contribution in [0.4, 0.5) is 0 Å². The van der Waals surface area contributed by atoms with Gasteiger partial charge in [-0.15, -0.1) is 0 Å². The third-order valence-corrected chi connectivity index (χ3v) is 3.48. The highest BCUT2D eigenvalue weighted by Crippen LogP contribution is 2.25. The molecule has 2 aromatic carbocycles. The van der Waals surface area contributed by atoms with Gasteiger partial charge in [0.1, 0.15) is 12.4 Å². The first kappa shape index (κ1) is 12.9. The molecule has 0 saturated carbocycles. The average Bonchev–Trinajstić information content (AvgIpc) is 2.52. The summed E-state index contributed by atoms with van der Waals surface area (Å²) in [6.45, 7) is 2.57. The van der Waals surface area contributed by atoms with E-state index < -0.39 is 0 Å². The predicted octanol–water partition coefficient (Wildman–Crippen LogP) is 3.29. The van der Waals surface area contributed by atoms with Crippen LogP contribution >= 0.6 is 0 Å². The topological polar surface area (TPSA) is 21.3 Å². The molecule has 0 spiro atoms. The second-order valence-corrected chi connectivity index (χ2v) is 5.04. The highest BCUT2D eigenvalue weighted by molar-refractivity contribution is 5.62. The molecule has 1 heterocycles. The average molecular weight is 265 g/mol. The van der Waals surface area contributed by atoms with Gasteiger partial charge in [0.2, 0.25) is 0 Å². The molecule has 0 amide bonds. The summed E-state index contributed by atoms with van der Waals surface area (Å²) in [5.74, 6) is 0.987. The fourth-order valence-electron chi connectivity index (χ4n) is 2.39. The monoisotopic (exact) mass is 265 g/mol. The van der Waals surface area contributed by atoms with Gasteiger partial charge in [0.25, 0.3) is 0 Å². The minimum absolute atomic E-state index is 0.690. The lowest BCUT2D eigenvalue weighted by Crippen LogP contribution is -2.23. The Hall–Kier alpha value is -2.06. The molecule has 2 nitrogen and oxygen atoms in total. The molecule has 3 rings (SSSR count). The highest BCUT2D eigenvalue weighted by atomic mass is 16.5. The zero-order chi connectivity index (χ0) is 13.6. The van der Waals surface area contributed by atoms with Crippen LogP contribution in [0.1, 0.15) is 11.1 Å². The van der Waals surface area contributed by atoms with Crippen LogP contribution in [-0.2, 0) is 6.42 Å². The molecule has 0 aliphatic carbocycles. The van der Waals surface area contributed by atoms with Crippen LogP contribution in [-0.4, -0.2) is 19.7 Å². The zero-order valence-electron chi connectivity index (χ0n) is 11.5. The standard InChI is InChI=1S/C18H19NO/c1-2-6-15(7-3-1)10-11-19-13-16-12-17-8-4-5-9-18(17)20-14-16/h1-9,12,19H,10-11,13-14H2. The molecule has 20 heavy (non-hydrogen) atoms. The largest absolute Gasteiger partial charge is 0.489 e. The van der Waals surface area contributed by atoms with Crippen molar-refractivity contribution in [3.05, 3.63) is 71.3 Å². The molecule has 2 heteroatoms. The van der Waals surface area contributed by atoms with E-state index in [1.165, 1.54) is 16.7 Å². The molecule has 0 fully saturated rings. The van der Waals surface area contributed by atoms with Gasteiger partial charge in [0.05, 0.1) is 0 Å². The third kappa shape index (κ3) is 3.28. The van der Waals surface area contributed by atoms with Gasteiger partial charge in [-0.25, -0.2) is 0 Å². The first-order chi connectivity index (χ1) is 9.92. The van der Waals surface area contributed by atoms with Gasteiger partial charge in [-0.05, 0) is 36.2 Å². The number of hydrogen-bond donors (Lipinski definition) is 1. The second kappa shape index (κ2) is 6.40. The molecule has 102 valence electrons. The number of nitrogens with one attached hydrogen (secondary N) is 1. The molecule has 0 bridgehead atoms. The third-order valence-electron chi connectivity index (χ3n) is 3.48. The SMILES string of the molecule is C1=C(CNCCc2ccccc2)COc2ccccc21. The normalized spacial score (nSPS) is 13.3. The number of benzene rings is 2. The Kier molecular flexibility index (Phi) is 4.14. The summed E-state index contributed by atoms with van der Waals surface area (Å²) in [6, 6.07) is 18.7. The number of ether oxygens (including phenoxy) is 1. The summed E-state index contributed by atoms with van der Waals surface area (Å²) in [4.78, 5) is 0. The number of para-hydroxylation sites is 1. The van der Waals surface area contributed by atoms with Crippen molar-refractivity contribution in [1.82, 2.24) is 5.32 Å². The van der Waals surface area contributed by atoms with Gasteiger partial charge in [-0.1, -0.05) is 48.5 Å². The summed E-state index contributed by atoms with van der Waals surface area (Å²) >= 11 is 0. The zero-order valence-corrected chi connectivity index (χ0v) is 11.5. The van der Waals surface area contributed by atoms with Crippen LogP contribution in [0.15, 0.2) is 60.2 Å². The van der Waals surface area contributed by atoms with Crippen molar-refractivity contribution in [1.29, 1.82) is 0 Å². The molecular formula is C18H19NO. The van der Waals surface area contributed by atoms with Gasteiger partial charge < -0.3 is 10.1 Å². The predicted molar refractivity (Wildman–Crippen MR) is 82.9 cm³/mol.